The molecule has 0 aliphatic rings. The molecule has 1 aromatic carbocycles. The van der Waals surface area contributed by atoms with Crippen molar-refractivity contribution < 1.29 is 9.90 Å². The summed E-state index contributed by atoms with van der Waals surface area (Å²) < 4.78 is 3.64. The van der Waals surface area contributed by atoms with E-state index in [2.05, 4.69) is 26.7 Å². The molecular formula is C13H10ClN3O2S. The standard InChI is InChI=1S/C13H10ClN3O2S/c14-10-4-5-11(9(7-10)3-1-2-6-18)15-13(19)12-8-20-17-16-12/h4-5,7-8,18H,2,6H2,(H,15,19). The molecule has 2 N–H and O–H groups in total. The van der Waals surface area contributed by atoms with Crippen LogP contribution in [0.1, 0.15) is 22.5 Å². The molecule has 2 rings (SSSR count). The number of benzene rings is 1. The molecule has 5 nitrogen and oxygen atoms in total. The fourth-order valence-corrected chi connectivity index (χ4v) is 2.00. The first-order chi connectivity index (χ1) is 9.70. The highest BCUT2D eigenvalue weighted by atomic mass is 35.5. The van der Waals surface area contributed by atoms with Crippen molar-refractivity contribution in [3.63, 3.8) is 0 Å². The maximum atomic E-state index is 11.9. The third-order valence-electron chi connectivity index (χ3n) is 2.28. The summed E-state index contributed by atoms with van der Waals surface area (Å²) in [4.78, 5) is 11.9. The third-order valence-corrected chi connectivity index (χ3v) is 3.02. The molecule has 0 bridgehead atoms. The summed E-state index contributed by atoms with van der Waals surface area (Å²) in [5.41, 5.74) is 1.37. The Hall–Kier alpha value is -1.94. The minimum Gasteiger partial charge on any atom is -0.395 e. The lowest BCUT2D eigenvalue weighted by atomic mass is 10.1. The molecule has 0 fully saturated rings. The van der Waals surface area contributed by atoms with Gasteiger partial charge in [-0.1, -0.05) is 27.9 Å². The zero-order chi connectivity index (χ0) is 14.4. The number of hydrogen-bond acceptors (Lipinski definition) is 5. The van der Waals surface area contributed by atoms with Crippen LogP contribution in [0.15, 0.2) is 23.6 Å². The molecule has 0 saturated carbocycles. The van der Waals surface area contributed by atoms with Crippen molar-refractivity contribution >= 4 is 34.7 Å². The van der Waals surface area contributed by atoms with Crippen LogP contribution in [0.25, 0.3) is 0 Å². The second kappa shape index (κ2) is 7.01. The molecule has 0 saturated heterocycles. The predicted molar refractivity (Wildman–Crippen MR) is 77.9 cm³/mol. The Kier molecular flexibility index (Phi) is 5.07. The van der Waals surface area contributed by atoms with Crippen molar-refractivity contribution in [1.82, 2.24) is 9.59 Å². The van der Waals surface area contributed by atoms with E-state index >= 15 is 0 Å². The Morgan fingerprint density at radius 2 is 2.35 bits per heavy atom. The van der Waals surface area contributed by atoms with Gasteiger partial charge in [-0.25, -0.2) is 0 Å². The van der Waals surface area contributed by atoms with Gasteiger partial charge in [0.15, 0.2) is 5.69 Å². The maximum absolute atomic E-state index is 11.9. The van der Waals surface area contributed by atoms with Gasteiger partial charge in [-0.2, -0.15) is 0 Å². The van der Waals surface area contributed by atoms with Gasteiger partial charge in [-0.15, -0.1) is 5.10 Å². The molecule has 0 radical (unpaired) electrons. The minimum absolute atomic E-state index is 0.0141. The zero-order valence-electron chi connectivity index (χ0n) is 10.3. The first-order valence-electron chi connectivity index (χ1n) is 5.68. The van der Waals surface area contributed by atoms with Crippen molar-refractivity contribution in [2.24, 2.45) is 0 Å². The average molecular weight is 308 g/mol. The quantitative estimate of drug-likeness (QED) is 0.852. The highest BCUT2D eigenvalue weighted by Gasteiger charge is 2.11. The predicted octanol–water partition coefficient (Wildman–Crippen LogP) is 2.18. The highest BCUT2D eigenvalue weighted by Crippen LogP contribution is 2.20. The number of hydrogen-bond donors (Lipinski definition) is 2. The Bertz CT molecular complexity index is 662. The van der Waals surface area contributed by atoms with Gasteiger partial charge in [0.1, 0.15) is 0 Å². The normalized spacial score (nSPS) is 9.70. The van der Waals surface area contributed by atoms with Crippen LogP contribution < -0.4 is 5.32 Å². The summed E-state index contributed by atoms with van der Waals surface area (Å²) in [6.45, 7) is -0.0141. The first kappa shape index (κ1) is 14.5. The van der Waals surface area contributed by atoms with E-state index < -0.39 is 0 Å². The number of nitrogens with zero attached hydrogens (tertiary/aromatic N) is 2. The number of aliphatic hydroxyl groups is 1. The Balaban J connectivity index is 2.23. The van der Waals surface area contributed by atoms with Gasteiger partial charge in [-0.05, 0) is 29.7 Å². The zero-order valence-corrected chi connectivity index (χ0v) is 11.8. The van der Waals surface area contributed by atoms with Crippen molar-refractivity contribution in [2.45, 2.75) is 6.42 Å². The first-order valence-corrected chi connectivity index (χ1v) is 6.90. The summed E-state index contributed by atoms with van der Waals surface area (Å²) in [7, 11) is 0. The number of anilines is 1. The van der Waals surface area contributed by atoms with Crippen molar-refractivity contribution in [2.75, 3.05) is 11.9 Å². The van der Waals surface area contributed by atoms with Crippen LogP contribution in [0.5, 0.6) is 0 Å². The van der Waals surface area contributed by atoms with E-state index in [1.54, 1.807) is 23.6 Å². The van der Waals surface area contributed by atoms with E-state index in [9.17, 15) is 4.79 Å². The lowest BCUT2D eigenvalue weighted by Gasteiger charge is -2.06. The number of carbonyl (C=O) groups is 1. The van der Waals surface area contributed by atoms with E-state index in [0.29, 0.717) is 22.7 Å². The molecule has 1 aromatic heterocycles. The number of amides is 1. The van der Waals surface area contributed by atoms with Gasteiger partial charge < -0.3 is 10.4 Å². The van der Waals surface area contributed by atoms with Crippen LogP contribution in [0.2, 0.25) is 5.02 Å². The van der Waals surface area contributed by atoms with E-state index in [1.807, 2.05) is 0 Å². The number of carbonyl (C=O) groups excluding carboxylic acids is 1. The number of rotatable bonds is 3. The summed E-state index contributed by atoms with van der Waals surface area (Å²) in [5.74, 6) is 5.30. The van der Waals surface area contributed by atoms with Crippen LogP contribution in [-0.4, -0.2) is 27.2 Å². The summed E-state index contributed by atoms with van der Waals surface area (Å²) in [6, 6.07) is 4.98. The van der Waals surface area contributed by atoms with Gasteiger partial charge in [0.2, 0.25) is 0 Å². The van der Waals surface area contributed by atoms with Crippen LogP contribution in [0.3, 0.4) is 0 Å². The van der Waals surface area contributed by atoms with Crippen LogP contribution >= 0.6 is 23.1 Å². The topological polar surface area (TPSA) is 75.1 Å². The molecule has 1 heterocycles. The van der Waals surface area contributed by atoms with E-state index in [4.69, 9.17) is 16.7 Å². The maximum Gasteiger partial charge on any atom is 0.277 e. The van der Waals surface area contributed by atoms with Gasteiger partial charge in [-0.3, -0.25) is 4.79 Å². The molecule has 2 aromatic rings. The van der Waals surface area contributed by atoms with Crippen LogP contribution in [-0.2, 0) is 0 Å². The molecule has 7 heteroatoms. The average Bonchev–Trinajstić information content (AvgIpc) is 2.96. The molecule has 102 valence electrons. The van der Waals surface area contributed by atoms with E-state index in [0.717, 1.165) is 11.5 Å². The van der Waals surface area contributed by atoms with Crippen LogP contribution in [0.4, 0.5) is 5.69 Å². The Morgan fingerprint density at radius 1 is 1.50 bits per heavy atom. The fraction of sp³-hybridized carbons (Fsp3) is 0.154. The number of aliphatic hydroxyl groups excluding tert-OH is 1. The molecule has 0 unspecified atom stereocenters. The second-order valence-electron chi connectivity index (χ2n) is 3.71. The largest absolute Gasteiger partial charge is 0.395 e. The molecule has 0 spiro atoms. The molecule has 0 aliphatic carbocycles. The number of aromatic nitrogens is 2. The number of nitrogens with one attached hydrogen (secondary N) is 1. The molecule has 0 atom stereocenters. The summed E-state index contributed by atoms with van der Waals surface area (Å²) in [6.07, 6.45) is 0.357. The summed E-state index contributed by atoms with van der Waals surface area (Å²) >= 11 is 7.02. The van der Waals surface area contributed by atoms with E-state index in [-0.39, 0.29) is 18.2 Å². The van der Waals surface area contributed by atoms with Gasteiger partial charge in [0.25, 0.3) is 5.91 Å². The van der Waals surface area contributed by atoms with Crippen LogP contribution in [0, 0.1) is 11.8 Å². The minimum atomic E-state index is -0.355. The monoisotopic (exact) mass is 307 g/mol. The second-order valence-corrected chi connectivity index (χ2v) is 4.76. The molecular weight excluding hydrogens is 298 g/mol. The van der Waals surface area contributed by atoms with Gasteiger partial charge in [0.05, 0.1) is 12.3 Å². The van der Waals surface area contributed by atoms with Crippen molar-refractivity contribution in [3.05, 3.63) is 39.9 Å². The molecule has 1 amide bonds. The fourth-order valence-electron chi connectivity index (χ4n) is 1.39. The summed E-state index contributed by atoms with van der Waals surface area (Å²) in [5, 5.41) is 17.2. The lowest BCUT2D eigenvalue weighted by molar-refractivity contribution is 0.102. The van der Waals surface area contributed by atoms with Gasteiger partial charge >= 0.3 is 0 Å². The Labute approximate surface area is 124 Å². The van der Waals surface area contributed by atoms with Crippen molar-refractivity contribution in [1.29, 1.82) is 0 Å². The van der Waals surface area contributed by atoms with Crippen molar-refractivity contribution in [3.8, 4) is 11.8 Å². The Morgan fingerprint density at radius 3 is 3.05 bits per heavy atom. The number of halogens is 1. The molecule has 20 heavy (non-hydrogen) atoms. The van der Waals surface area contributed by atoms with Gasteiger partial charge in [0, 0.05) is 22.4 Å². The lowest BCUT2D eigenvalue weighted by Crippen LogP contribution is -2.13. The van der Waals surface area contributed by atoms with E-state index in [1.165, 1.54) is 0 Å². The SMILES string of the molecule is O=C(Nc1ccc(Cl)cc1C#CCCO)c1csnn1. The molecule has 0 aliphatic heterocycles. The highest BCUT2D eigenvalue weighted by molar-refractivity contribution is 7.03. The third kappa shape index (κ3) is 3.78. The smallest absolute Gasteiger partial charge is 0.277 e.